The number of ether oxygens (including phenoxy) is 4. The standard InChI is InChI=1S/C56H91N5O14/c1-5-6-7-8-9-10-11-12-13-14-15-18-22-37(4)48(64)44(35-72-53-51(67)50(66)49(65)46(32-62)75-53)60-55(70)73-33-38-26-28-40(29-27-38)59-52(68)39(23-21-30-58-54(57)69)31-45(63)47(36(2)3)61-56(71)74-34-43-41-24-19-16-17-20-25-42(41)43/h26-29,36-37,39,41-44,46-51,53,62,64-67H,5-15,18-25,30-35H2,1-4H3,(H,59,68)(H,60,70)(H,61,71)(H3,57,58,69)/t37-,39-,41-,42+,43?,44+,46?,47+,48-,49+,50+,51?,53+/m1/s1. The van der Waals surface area contributed by atoms with Crippen LogP contribution in [-0.2, 0) is 35.1 Å². The number of urea groups is 1. The fourth-order valence-electron chi connectivity index (χ4n) is 10.3. The molecule has 3 unspecified atom stereocenters. The van der Waals surface area contributed by atoms with Crippen LogP contribution in [0.4, 0.5) is 20.1 Å². The van der Waals surface area contributed by atoms with Gasteiger partial charge in [0.2, 0.25) is 5.91 Å². The van der Waals surface area contributed by atoms with Gasteiger partial charge < -0.3 is 71.5 Å². The van der Waals surface area contributed by atoms with Crippen molar-refractivity contribution in [3.63, 3.8) is 0 Å². The average Bonchev–Trinajstić information content (AvgIpc) is 4.04. The van der Waals surface area contributed by atoms with E-state index in [1.54, 1.807) is 38.1 Å². The Kier molecular flexibility index (Phi) is 28.8. The van der Waals surface area contributed by atoms with Crippen LogP contribution in [0.2, 0.25) is 0 Å². The van der Waals surface area contributed by atoms with Crippen LogP contribution in [0, 0.1) is 47.3 Å². The smallest absolute Gasteiger partial charge is 0.407 e. The zero-order valence-corrected chi connectivity index (χ0v) is 45.1. The second-order valence-electron chi connectivity index (χ2n) is 21.4. The number of primary amides is 1. The first-order valence-corrected chi connectivity index (χ1v) is 27.9. The van der Waals surface area contributed by atoms with Crippen molar-refractivity contribution in [2.24, 2.45) is 41.2 Å². The summed E-state index contributed by atoms with van der Waals surface area (Å²) in [6.07, 6.45) is 8.71. The maximum atomic E-state index is 13.8. The maximum Gasteiger partial charge on any atom is 0.407 e. The Morgan fingerprint density at radius 1 is 0.773 bits per heavy atom. The third kappa shape index (κ3) is 22.5. The first-order valence-electron chi connectivity index (χ1n) is 27.9. The van der Waals surface area contributed by atoms with E-state index in [1.165, 1.54) is 51.4 Å². The molecule has 0 bridgehead atoms. The molecular formula is C56H91N5O14. The number of unbranched alkanes of at least 4 members (excludes halogenated alkanes) is 11. The van der Waals surface area contributed by atoms with Crippen LogP contribution in [0.15, 0.2) is 24.3 Å². The van der Waals surface area contributed by atoms with E-state index in [4.69, 9.17) is 24.7 Å². The molecule has 1 saturated heterocycles. The highest BCUT2D eigenvalue weighted by Gasteiger charge is 2.49. The van der Waals surface area contributed by atoms with E-state index in [1.807, 2.05) is 6.92 Å². The van der Waals surface area contributed by atoms with E-state index in [-0.39, 0.29) is 62.7 Å². The summed E-state index contributed by atoms with van der Waals surface area (Å²) >= 11 is 0. The van der Waals surface area contributed by atoms with Gasteiger partial charge >= 0.3 is 18.2 Å². The van der Waals surface area contributed by atoms with Crippen LogP contribution in [0.1, 0.15) is 162 Å². The second kappa shape index (κ2) is 34.3. The normalized spacial score (nSPS) is 24.1. The molecule has 1 heterocycles. The van der Waals surface area contributed by atoms with Crippen LogP contribution in [0.25, 0.3) is 0 Å². The molecule has 5 amide bonds. The number of carbonyl (C=O) groups excluding carboxylic acids is 5. The fraction of sp³-hybridized carbons (Fsp3) is 0.768. The number of rotatable bonds is 35. The lowest BCUT2D eigenvalue weighted by molar-refractivity contribution is -0.303. The molecule has 2 aliphatic carbocycles. The number of hydrogen-bond acceptors (Lipinski definition) is 14. The summed E-state index contributed by atoms with van der Waals surface area (Å²) in [6.45, 7) is 6.94. The van der Waals surface area contributed by atoms with Crippen molar-refractivity contribution in [3.8, 4) is 11.8 Å². The zero-order chi connectivity index (χ0) is 54.7. The number of nitrogens with two attached hydrogens (primary N) is 1. The van der Waals surface area contributed by atoms with Crippen LogP contribution in [0.3, 0.4) is 0 Å². The number of carbonyl (C=O) groups is 5. The Hall–Kier alpha value is -4.55. The molecule has 0 aromatic heterocycles. The number of anilines is 1. The number of ketones is 1. The molecule has 19 nitrogen and oxygen atoms in total. The summed E-state index contributed by atoms with van der Waals surface area (Å²) in [5.41, 5.74) is 6.20. The molecule has 75 heavy (non-hydrogen) atoms. The first kappa shape index (κ1) is 63.0. The van der Waals surface area contributed by atoms with Gasteiger partial charge in [0, 0.05) is 37.4 Å². The number of benzene rings is 1. The van der Waals surface area contributed by atoms with Gasteiger partial charge in [-0.25, -0.2) is 14.4 Å². The summed E-state index contributed by atoms with van der Waals surface area (Å²) in [5, 5.41) is 63.1. The van der Waals surface area contributed by atoms with E-state index >= 15 is 0 Å². The van der Waals surface area contributed by atoms with Gasteiger partial charge in [0.25, 0.3) is 0 Å². The van der Waals surface area contributed by atoms with Gasteiger partial charge in [-0.2, -0.15) is 0 Å². The highest BCUT2D eigenvalue weighted by atomic mass is 16.7. The van der Waals surface area contributed by atoms with Gasteiger partial charge in [-0.3, -0.25) is 9.59 Å². The van der Waals surface area contributed by atoms with Crippen LogP contribution < -0.4 is 27.0 Å². The van der Waals surface area contributed by atoms with Crippen molar-refractivity contribution in [1.82, 2.24) is 16.0 Å². The fourth-order valence-corrected chi connectivity index (χ4v) is 10.3. The number of aliphatic hydroxyl groups is 5. The first-order chi connectivity index (χ1) is 36.0. The van der Waals surface area contributed by atoms with Gasteiger partial charge in [0.05, 0.1) is 38.0 Å². The van der Waals surface area contributed by atoms with Crippen molar-refractivity contribution in [1.29, 1.82) is 0 Å². The minimum atomic E-state index is -1.68. The summed E-state index contributed by atoms with van der Waals surface area (Å²) in [7, 11) is 0. The molecule has 11 N–H and O–H groups in total. The molecule has 0 radical (unpaired) electrons. The molecule has 1 aromatic rings. The highest BCUT2D eigenvalue weighted by Crippen LogP contribution is 2.52. The number of amides is 5. The lowest BCUT2D eigenvalue weighted by Crippen LogP contribution is -2.60. The average molecular weight is 1060 g/mol. The van der Waals surface area contributed by atoms with Gasteiger partial charge in [0.15, 0.2) is 12.1 Å². The minimum absolute atomic E-state index is 0.187. The Morgan fingerprint density at radius 3 is 1.96 bits per heavy atom. The van der Waals surface area contributed by atoms with Gasteiger partial charge in [-0.05, 0) is 79.4 Å². The summed E-state index contributed by atoms with van der Waals surface area (Å²) in [5.74, 6) is 5.42. The third-order valence-corrected chi connectivity index (χ3v) is 15.1. The van der Waals surface area contributed by atoms with Crippen LogP contribution in [0.5, 0.6) is 0 Å². The number of alkyl carbamates (subject to hydrolysis) is 2. The number of aliphatic hydroxyl groups excluding tert-OH is 5. The van der Waals surface area contributed by atoms with Crippen LogP contribution in [-0.4, -0.2) is 131 Å². The van der Waals surface area contributed by atoms with E-state index in [9.17, 15) is 49.5 Å². The Labute approximate surface area is 444 Å². The van der Waals surface area contributed by atoms with Crippen LogP contribution >= 0.6 is 0 Å². The summed E-state index contributed by atoms with van der Waals surface area (Å²) in [6, 6.07) is 3.84. The number of fused-ring (bicyclic) bond motifs is 1. The molecule has 19 heteroatoms. The SMILES string of the molecule is CCCCCCCCCCCCCC[C@@H](C)[C@@H](O)[C@H](CO[C@H]1OC(CO)[C@H](O)[C@H](O)C1O)NC(=O)OCc1ccc(NC(=O)[C@H](CCCNC(N)=O)CC(=O)[C@@H](NC(=O)OCC2[C@H]3CCC#CCC[C@@H]23)C(C)C)cc1. The van der Waals surface area contributed by atoms with Crippen molar-refractivity contribution >= 4 is 35.6 Å². The zero-order valence-electron chi connectivity index (χ0n) is 45.1. The second-order valence-corrected chi connectivity index (χ2v) is 21.4. The monoisotopic (exact) mass is 1060 g/mol. The number of nitrogens with one attached hydrogen (secondary N) is 4. The van der Waals surface area contributed by atoms with Crippen molar-refractivity contribution < 1.29 is 68.5 Å². The third-order valence-electron chi connectivity index (χ3n) is 15.1. The summed E-state index contributed by atoms with van der Waals surface area (Å²) < 4.78 is 22.4. The van der Waals surface area contributed by atoms with E-state index < -0.39 is 85.5 Å². The van der Waals surface area contributed by atoms with Gasteiger partial charge in [-0.1, -0.05) is 117 Å². The maximum absolute atomic E-state index is 13.8. The van der Waals surface area contributed by atoms with Crippen molar-refractivity contribution in [2.45, 2.75) is 212 Å². The largest absolute Gasteiger partial charge is 0.449 e. The summed E-state index contributed by atoms with van der Waals surface area (Å²) in [4.78, 5) is 65.2. The van der Waals surface area contributed by atoms with E-state index in [0.29, 0.717) is 35.9 Å². The van der Waals surface area contributed by atoms with E-state index in [0.717, 1.165) is 51.4 Å². The number of hydrogen-bond donors (Lipinski definition) is 10. The molecule has 424 valence electrons. The van der Waals surface area contributed by atoms with Crippen molar-refractivity contribution in [3.05, 3.63) is 29.8 Å². The lowest BCUT2D eigenvalue weighted by atomic mass is 9.89. The molecule has 4 rings (SSSR count). The Bertz CT molecular complexity index is 1910. The predicted molar refractivity (Wildman–Crippen MR) is 283 cm³/mol. The molecule has 2 fully saturated rings. The molecule has 3 aliphatic rings. The quantitative estimate of drug-likeness (QED) is 0.0262. The molecule has 0 spiro atoms. The molecular weight excluding hydrogens is 967 g/mol. The molecule has 1 aliphatic heterocycles. The number of Topliss-reactive ketones (excluding diaryl/α,β-unsaturated/α-hetero) is 1. The molecule has 13 atom stereocenters. The predicted octanol–water partition coefficient (Wildman–Crippen LogP) is 6.34. The Morgan fingerprint density at radius 2 is 1.37 bits per heavy atom. The van der Waals surface area contributed by atoms with Gasteiger partial charge in [0.1, 0.15) is 31.0 Å². The topological polar surface area (TPSA) is 298 Å². The molecule has 1 aromatic carbocycles. The van der Waals surface area contributed by atoms with E-state index in [2.05, 4.69) is 40.0 Å². The van der Waals surface area contributed by atoms with Crippen molar-refractivity contribution in [2.75, 3.05) is 31.7 Å². The lowest BCUT2D eigenvalue weighted by Gasteiger charge is -2.40. The minimum Gasteiger partial charge on any atom is -0.449 e. The Balaban J connectivity index is 1.30. The van der Waals surface area contributed by atoms with Gasteiger partial charge in [-0.15, -0.1) is 11.8 Å². The molecule has 1 saturated carbocycles. The highest BCUT2D eigenvalue weighted by molar-refractivity contribution is 5.97.